The molecule has 312 valence electrons. The highest BCUT2D eigenvalue weighted by molar-refractivity contribution is 6.00. The van der Waals surface area contributed by atoms with E-state index in [9.17, 15) is 14.7 Å². The zero-order valence-corrected chi connectivity index (χ0v) is 33.9. The van der Waals surface area contributed by atoms with E-state index in [-0.39, 0.29) is 52.9 Å². The van der Waals surface area contributed by atoms with Gasteiger partial charge in [0.15, 0.2) is 0 Å². The number of imide groups is 1. The van der Waals surface area contributed by atoms with Crippen molar-refractivity contribution >= 4 is 23.2 Å². The van der Waals surface area contributed by atoms with E-state index in [1.165, 1.54) is 11.1 Å². The van der Waals surface area contributed by atoms with Crippen LogP contribution < -0.4 is 24.6 Å². The third kappa shape index (κ3) is 6.86. The van der Waals surface area contributed by atoms with Crippen LogP contribution in [0, 0.1) is 11.7 Å². The first-order chi connectivity index (χ1) is 29.3. The average Bonchev–Trinajstić information content (AvgIpc) is 3.86. The van der Waals surface area contributed by atoms with Crippen molar-refractivity contribution in [3.05, 3.63) is 112 Å². The molecule has 4 aromatic carbocycles. The van der Waals surface area contributed by atoms with Crippen LogP contribution in [0.1, 0.15) is 71.8 Å². The number of nitrogens with one attached hydrogen (secondary N) is 1. The Labute approximate surface area is 350 Å². The van der Waals surface area contributed by atoms with Crippen LogP contribution in [0.3, 0.4) is 0 Å². The van der Waals surface area contributed by atoms with Crippen molar-refractivity contribution in [2.75, 3.05) is 68.9 Å². The Balaban J connectivity index is 0.705. The third-order valence-electron chi connectivity index (χ3n) is 14.5. The molecule has 60 heavy (non-hydrogen) atoms. The molecule has 4 fully saturated rings. The SMILES string of the molecule is O=C1CCC(N2Cc3cc4c(cc3C2)N2CCN(CC3COC5(CCN(c6ccc([C@H]7c8ccc(O)cc8OCC7c7ccccc7)cc6F)CC5)C3)C[C@H]2CO4)C(=O)N1. The minimum Gasteiger partial charge on any atom is -0.508 e. The summed E-state index contributed by atoms with van der Waals surface area (Å²) in [6.07, 6.45) is 3.74. The maximum Gasteiger partial charge on any atom is 0.243 e. The lowest BCUT2D eigenvalue weighted by atomic mass is 9.76. The van der Waals surface area contributed by atoms with Crippen LogP contribution in [-0.4, -0.2) is 103 Å². The minimum absolute atomic E-state index is 0.00915. The van der Waals surface area contributed by atoms with Crippen LogP contribution >= 0.6 is 0 Å². The number of ether oxygens (including phenoxy) is 3. The summed E-state index contributed by atoms with van der Waals surface area (Å²) in [7, 11) is 0. The lowest BCUT2D eigenvalue weighted by Gasteiger charge is -2.46. The molecular formula is C48H52FN5O6. The molecule has 12 heteroatoms. The van der Waals surface area contributed by atoms with Crippen molar-refractivity contribution < 1.29 is 33.3 Å². The van der Waals surface area contributed by atoms with Crippen molar-refractivity contribution in [3.8, 4) is 17.2 Å². The molecule has 5 atom stereocenters. The summed E-state index contributed by atoms with van der Waals surface area (Å²) in [4.78, 5) is 33.8. The number of piperazine rings is 1. The molecule has 7 aliphatic heterocycles. The Morgan fingerprint density at radius 1 is 0.817 bits per heavy atom. The Kier molecular flexibility index (Phi) is 9.50. The van der Waals surface area contributed by atoms with Gasteiger partial charge in [-0.15, -0.1) is 0 Å². The Morgan fingerprint density at radius 2 is 1.63 bits per heavy atom. The minimum atomic E-state index is -0.272. The molecule has 11 nitrogen and oxygen atoms in total. The zero-order valence-electron chi connectivity index (χ0n) is 33.9. The second-order valence-electron chi connectivity index (χ2n) is 18.2. The number of rotatable bonds is 6. The molecule has 0 aromatic heterocycles. The highest BCUT2D eigenvalue weighted by Gasteiger charge is 2.45. The highest BCUT2D eigenvalue weighted by atomic mass is 19.1. The smallest absolute Gasteiger partial charge is 0.243 e. The molecule has 7 aliphatic rings. The number of anilines is 2. The number of amides is 2. The first kappa shape index (κ1) is 37.8. The molecular weight excluding hydrogens is 762 g/mol. The lowest BCUT2D eigenvalue weighted by Crippen LogP contribution is -2.58. The number of phenolic OH excluding ortho intramolecular Hbond substituents is 1. The molecule has 7 heterocycles. The summed E-state index contributed by atoms with van der Waals surface area (Å²) in [6.45, 7) is 8.62. The molecule has 3 unspecified atom stereocenters. The molecule has 0 radical (unpaired) electrons. The van der Waals surface area contributed by atoms with Crippen LogP contribution in [0.25, 0.3) is 0 Å². The Morgan fingerprint density at radius 3 is 2.45 bits per heavy atom. The van der Waals surface area contributed by atoms with Gasteiger partial charge in [-0.1, -0.05) is 42.5 Å². The third-order valence-corrected chi connectivity index (χ3v) is 14.5. The summed E-state index contributed by atoms with van der Waals surface area (Å²) in [5.41, 5.74) is 7.09. The maximum atomic E-state index is 16.2. The molecule has 4 saturated heterocycles. The normalized spacial score (nSPS) is 27.4. The summed E-state index contributed by atoms with van der Waals surface area (Å²) in [6, 6.07) is 25.7. The number of phenols is 1. The number of hydrogen-bond acceptors (Lipinski definition) is 10. The van der Waals surface area contributed by atoms with E-state index in [1.807, 2.05) is 30.3 Å². The largest absolute Gasteiger partial charge is 0.508 e. The van der Waals surface area contributed by atoms with Gasteiger partial charge in [0.25, 0.3) is 0 Å². The number of fused-ring (bicyclic) bond motifs is 5. The fourth-order valence-corrected chi connectivity index (χ4v) is 11.5. The van der Waals surface area contributed by atoms with Gasteiger partial charge in [-0.05, 0) is 84.2 Å². The van der Waals surface area contributed by atoms with E-state index < -0.39 is 0 Å². The number of halogens is 1. The summed E-state index contributed by atoms with van der Waals surface area (Å²) >= 11 is 0. The number of carbonyl (C=O) groups excluding carboxylic acids is 2. The highest BCUT2D eigenvalue weighted by Crippen LogP contribution is 2.48. The van der Waals surface area contributed by atoms with Gasteiger partial charge in [-0.25, -0.2) is 4.39 Å². The zero-order chi connectivity index (χ0) is 40.5. The lowest BCUT2D eigenvalue weighted by molar-refractivity contribution is -0.137. The number of piperidine rings is 2. The molecule has 11 rings (SSSR count). The number of benzene rings is 4. The first-order valence-electron chi connectivity index (χ1n) is 21.8. The molecule has 0 aliphatic carbocycles. The standard InChI is InChI=1S/C48H52FN5O6/c49-39-18-32(46-37-8-7-36(55)21-43(37)59-29-38(46)31-4-2-1-3-5-31)6-9-40(39)52-14-12-48(13-15-52)22-30(27-60-48)23-51-16-17-54-35(26-51)28-58-44-20-34-25-53(24-33(34)19-42(44)54)41-10-11-45(56)50-47(41)57/h1-9,18-21,30,35,38,41,46,55H,10-17,22-29H2,(H,50,56,57)/t30?,35-,38?,41?,46-/m0/s1. The van der Waals surface area contributed by atoms with Gasteiger partial charge >= 0.3 is 0 Å². The number of carbonyl (C=O) groups is 2. The fourth-order valence-electron chi connectivity index (χ4n) is 11.5. The molecule has 0 bridgehead atoms. The van der Waals surface area contributed by atoms with E-state index in [1.54, 1.807) is 18.2 Å². The Hall–Kier alpha value is -5.17. The molecule has 2 amide bonds. The second kappa shape index (κ2) is 15.1. The molecule has 0 saturated carbocycles. The van der Waals surface area contributed by atoms with Gasteiger partial charge in [0, 0.05) is 82.2 Å². The quantitative estimate of drug-likeness (QED) is 0.228. The number of aromatic hydroxyl groups is 1. The van der Waals surface area contributed by atoms with Crippen LogP contribution in [0.5, 0.6) is 17.2 Å². The molecule has 4 aromatic rings. The van der Waals surface area contributed by atoms with Crippen molar-refractivity contribution in [2.45, 2.75) is 74.7 Å². The van der Waals surface area contributed by atoms with Crippen LogP contribution in [0.4, 0.5) is 15.8 Å². The van der Waals surface area contributed by atoms with Crippen LogP contribution in [-0.2, 0) is 27.4 Å². The van der Waals surface area contributed by atoms with Gasteiger partial charge in [0.1, 0.15) is 29.7 Å². The number of nitrogens with zero attached hydrogens (tertiary/aromatic N) is 4. The van der Waals surface area contributed by atoms with Crippen LogP contribution in [0.15, 0.2) is 78.9 Å². The van der Waals surface area contributed by atoms with Crippen molar-refractivity contribution in [3.63, 3.8) is 0 Å². The average molecular weight is 814 g/mol. The maximum absolute atomic E-state index is 16.2. The van der Waals surface area contributed by atoms with Gasteiger partial charge in [-0.2, -0.15) is 0 Å². The first-order valence-corrected chi connectivity index (χ1v) is 21.8. The topological polar surface area (TPSA) is 107 Å². The van der Waals surface area contributed by atoms with Gasteiger partial charge in [0.2, 0.25) is 11.8 Å². The summed E-state index contributed by atoms with van der Waals surface area (Å²) in [5, 5.41) is 12.7. The van der Waals surface area contributed by atoms with E-state index in [0.29, 0.717) is 56.5 Å². The molecule has 1 spiro atoms. The summed E-state index contributed by atoms with van der Waals surface area (Å²) in [5.74, 6) is 1.52. The van der Waals surface area contributed by atoms with Crippen molar-refractivity contribution in [1.29, 1.82) is 0 Å². The molecule has 2 N–H and O–H groups in total. The Bertz CT molecular complexity index is 2320. The van der Waals surface area contributed by atoms with Gasteiger partial charge < -0.3 is 29.1 Å². The monoisotopic (exact) mass is 813 g/mol. The van der Waals surface area contributed by atoms with Gasteiger partial charge in [0.05, 0.1) is 42.3 Å². The second-order valence-corrected chi connectivity index (χ2v) is 18.2. The summed E-state index contributed by atoms with van der Waals surface area (Å²) < 4.78 is 35.4. The van der Waals surface area contributed by atoms with Gasteiger partial charge in [-0.3, -0.25) is 24.7 Å². The number of hydrogen-bond donors (Lipinski definition) is 2. The fraction of sp³-hybridized carbons (Fsp3) is 0.458. The predicted molar refractivity (Wildman–Crippen MR) is 224 cm³/mol. The van der Waals surface area contributed by atoms with Crippen molar-refractivity contribution in [2.24, 2.45) is 5.92 Å². The van der Waals surface area contributed by atoms with E-state index >= 15 is 4.39 Å². The predicted octanol–water partition coefficient (Wildman–Crippen LogP) is 5.92. The van der Waals surface area contributed by atoms with E-state index in [0.717, 1.165) is 93.3 Å². The van der Waals surface area contributed by atoms with Crippen molar-refractivity contribution in [1.82, 2.24) is 15.1 Å². The van der Waals surface area contributed by atoms with E-state index in [2.05, 4.69) is 55.2 Å². The van der Waals surface area contributed by atoms with E-state index in [4.69, 9.17) is 14.2 Å². The van der Waals surface area contributed by atoms with Crippen LogP contribution in [0.2, 0.25) is 0 Å².